The van der Waals surface area contributed by atoms with Crippen molar-refractivity contribution in [2.24, 2.45) is 0 Å². The van der Waals surface area contributed by atoms with Crippen molar-refractivity contribution in [3.8, 4) is 11.6 Å². The van der Waals surface area contributed by atoms with E-state index < -0.39 is 18.3 Å². The highest BCUT2D eigenvalue weighted by atomic mass is 35.5. The van der Waals surface area contributed by atoms with Crippen LogP contribution >= 0.6 is 11.6 Å². The van der Waals surface area contributed by atoms with Gasteiger partial charge in [0.1, 0.15) is 5.76 Å². The molecule has 0 atom stereocenters. The molecule has 0 unspecified atom stereocenters. The maximum atomic E-state index is 13.3. The number of aromatic nitrogens is 3. The lowest BCUT2D eigenvalue weighted by Crippen LogP contribution is -2.41. The summed E-state index contributed by atoms with van der Waals surface area (Å²) in [5, 5.41) is 9.09. The molecule has 0 spiro atoms. The fraction of sp³-hybridized carbons (Fsp3) is 0.379. The van der Waals surface area contributed by atoms with Crippen LogP contribution in [0.4, 0.5) is 5.95 Å². The summed E-state index contributed by atoms with van der Waals surface area (Å²) >= 11 is 5.97. The summed E-state index contributed by atoms with van der Waals surface area (Å²) in [6, 6.07) is 10.5. The van der Waals surface area contributed by atoms with Crippen molar-refractivity contribution in [2.45, 2.75) is 52.2 Å². The maximum Gasteiger partial charge on any atom is 0.243 e. The number of hydrogen-bond acceptors (Lipinski definition) is 7. The zero-order valence-electron chi connectivity index (χ0n) is 24.7. The molecule has 1 N–H and O–H groups in total. The fourth-order valence-corrected chi connectivity index (χ4v) is 5.75. The highest BCUT2D eigenvalue weighted by Crippen LogP contribution is 2.38. The number of benzene rings is 1. The molecular formula is C29H39ClN4O5SSi. The summed E-state index contributed by atoms with van der Waals surface area (Å²) < 4.78 is 48.7. The van der Waals surface area contributed by atoms with Gasteiger partial charge in [-0.1, -0.05) is 63.2 Å². The third kappa shape index (κ3) is 8.22. The van der Waals surface area contributed by atoms with Gasteiger partial charge in [0, 0.05) is 10.6 Å². The van der Waals surface area contributed by atoms with Crippen molar-refractivity contribution >= 4 is 41.6 Å². The van der Waals surface area contributed by atoms with E-state index in [-0.39, 0.29) is 29.8 Å². The van der Waals surface area contributed by atoms with Gasteiger partial charge in [0.15, 0.2) is 14.1 Å². The average molecular weight is 619 g/mol. The number of furan rings is 1. The van der Waals surface area contributed by atoms with Crippen molar-refractivity contribution in [2.75, 3.05) is 24.2 Å². The Morgan fingerprint density at radius 1 is 1.20 bits per heavy atom. The smallest absolute Gasteiger partial charge is 0.243 e. The van der Waals surface area contributed by atoms with Crippen LogP contribution in [0.25, 0.3) is 17.3 Å². The lowest BCUT2D eigenvalue weighted by Gasteiger charge is -2.36. The largest absolute Gasteiger partial charge is 0.499 e. The molecule has 0 radical (unpaired) electrons. The standard InChI is InChI=1S/C29H39ClN4O5SSi/c1-9-11-23(20-39-41(7,8)29(3,4)5)26(21(2)37-6)34-27(25-12-10-18-38-25)31-32-28(34)33-40(35,36)19-17-22-13-15-24(30)16-14-22/h9-16,18H,1,17,19-20H2,2-8H3,(H,32,33)/b23-11-,26-21-. The van der Waals surface area contributed by atoms with Gasteiger partial charge in [-0.05, 0) is 61.3 Å². The molecular weight excluding hydrogens is 580 g/mol. The fourth-order valence-electron chi connectivity index (χ4n) is 3.66. The van der Waals surface area contributed by atoms with E-state index >= 15 is 0 Å². The molecule has 3 rings (SSSR count). The minimum absolute atomic E-state index is 0.0128. The molecule has 2 aromatic heterocycles. The van der Waals surface area contributed by atoms with Crippen molar-refractivity contribution in [1.82, 2.24) is 14.8 Å². The number of aryl methyl sites for hydroxylation is 1. The Kier molecular flexibility index (Phi) is 10.5. The van der Waals surface area contributed by atoms with E-state index in [0.29, 0.717) is 33.6 Å². The number of allylic oxidation sites excluding steroid dienone is 3. The molecule has 2 heterocycles. The third-order valence-electron chi connectivity index (χ3n) is 7.11. The van der Waals surface area contributed by atoms with E-state index in [1.54, 1.807) is 61.1 Å². The van der Waals surface area contributed by atoms with Crippen LogP contribution in [0.1, 0.15) is 33.3 Å². The number of sulfonamides is 1. The third-order valence-corrected chi connectivity index (χ3v) is 13.1. The molecule has 0 amide bonds. The topological polar surface area (TPSA) is 108 Å². The van der Waals surface area contributed by atoms with E-state index in [2.05, 4.69) is 55.4 Å². The molecule has 0 fully saturated rings. The Morgan fingerprint density at radius 3 is 2.44 bits per heavy atom. The summed E-state index contributed by atoms with van der Waals surface area (Å²) in [5.41, 5.74) is 2.06. The summed E-state index contributed by atoms with van der Waals surface area (Å²) in [5.74, 6) is 0.990. The lowest BCUT2D eigenvalue weighted by molar-refractivity contribution is 0.291. The van der Waals surface area contributed by atoms with Crippen LogP contribution in [0, 0.1) is 0 Å². The Morgan fingerprint density at radius 2 is 1.88 bits per heavy atom. The zero-order valence-corrected chi connectivity index (χ0v) is 27.3. The van der Waals surface area contributed by atoms with Crippen molar-refractivity contribution in [3.63, 3.8) is 0 Å². The van der Waals surface area contributed by atoms with E-state index in [9.17, 15) is 8.42 Å². The van der Waals surface area contributed by atoms with Gasteiger partial charge in [-0.3, -0.25) is 9.29 Å². The summed E-state index contributed by atoms with van der Waals surface area (Å²) in [4.78, 5) is 0. The van der Waals surface area contributed by atoms with Gasteiger partial charge in [0.25, 0.3) is 0 Å². The first kappa shape index (κ1) is 32.4. The monoisotopic (exact) mass is 618 g/mol. The highest BCUT2D eigenvalue weighted by Gasteiger charge is 2.38. The first-order chi connectivity index (χ1) is 19.2. The van der Waals surface area contributed by atoms with E-state index in [1.807, 2.05) is 6.08 Å². The SMILES string of the molecule is C=C/C=C(CO[Si](C)(C)C(C)(C)C)\C(=C(/C)OC)n1c(NS(=O)(=O)CCc2ccc(Cl)cc2)nnc1-c1ccco1. The van der Waals surface area contributed by atoms with Crippen LogP contribution in [-0.4, -0.2) is 51.0 Å². The van der Waals surface area contributed by atoms with E-state index in [1.165, 1.54) is 6.26 Å². The maximum absolute atomic E-state index is 13.3. The molecule has 3 aromatic rings. The molecule has 1 aromatic carbocycles. The van der Waals surface area contributed by atoms with Crippen LogP contribution in [0.3, 0.4) is 0 Å². The first-order valence-electron chi connectivity index (χ1n) is 13.1. The molecule has 0 bridgehead atoms. The Bertz CT molecular complexity index is 1500. The van der Waals surface area contributed by atoms with Gasteiger partial charge in [0.2, 0.25) is 21.8 Å². The molecule has 0 aliphatic heterocycles. The zero-order chi connectivity index (χ0) is 30.4. The van der Waals surface area contributed by atoms with Crippen LogP contribution in [0.5, 0.6) is 0 Å². The van der Waals surface area contributed by atoms with Gasteiger partial charge >= 0.3 is 0 Å². The first-order valence-corrected chi connectivity index (χ1v) is 18.1. The Balaban J connectivity index is 2.08. The number of methoxy groups -OCH3 is 1. The molecule has 0 saturated heterocycles. The highest BCUT2D eigenvalue weighted by molar-refractivity contribution is 7.92. The molecule has 12 heteroatoms. The predicted octanol–water partition coefficient (Wildman–Crippen LogP) is 7.15. The van der Waals surface area contributed by atoms with Gasteiger partial charge in [-0.2, -0.15) is 0 Å². The summed E-state index contributed by atoms with van der Waals surface area (Å²) in [6.45, 7) is 16.7. The number of anilines is 1. The van der Waals surface area contributed by atoms with Gasteiger partial charge in [-0.25, -0.2) is 8.42 Å². The van der Waals surface area contributed by atoms with Gasteiger partial charge in [-0.15, -0.1) is 10.2 Å². The van der Waals surface area contributed by atoms with Crippen molar-refractivity contribution in [1.29, 1.82) is 0 Å². The number of nitrogens with one attached hydrogen (secondary N) is 1. The summed E-state index contributed by atoms with van der Waals surface area (Å²) in [7, 11) is -4.45. The second-order valence-electron chi connectivity index (χ2n) is 11.0. The van der Waals surface area contributed by atoms with E-state index in [4.69, 9.17) is 25.2 Å². The molecule has 0 saturated carbocycles. The van der Waals surface area contributed by atoms with Gasteiger partial charge in [0.05, 0.1) is 31.4 Å². The quantitative estimate of drug-likeness (QED) is 0.123. The molecule has 0 aliphatic carbocycles. The van der Waals surface area contributed by atoms with Crippen LogP contribution < -0.4 is 4.72 Å². The molecule has 222 valence electrons. The second-order valence-corrected chi connectivity index (χ2v) is 18.1. The normalized spacial score (nSPS) is 13.6. The number of rotatable bonds is 13. The van der Waals surface area contributed by atoms with Crippen molar-refractivity contribution in [3.05, 3.63) is 83.3 Å². The number of halogens is 1. The lowest BCUT2D eigenvalue weighted by atomic mass is 10.1. The average Bonchev–Trinajstić information content (AvgIpc) is 3.57. The summed E-state index contributed by atoms with van der Waals surface area (Å²) in [6.07, 6.45) is 5.27. The van der Waals surface area contributed by atoms with Crippen LogP contribution in [0.2, 0.25) is 23.2 Å². The Labute approximate surface area is 249 Å². The molecule has 9 nitrogen and oxygen atoms in total. The number of nitrogens with zero attached hydrogens (tertiary/aromatic N) is 3. The second kappa shape index (κ2) is 13.2. The number of ether oxygens (including phenoxy) is 1. The van der Waals surface area contributed by atoms with Gasteiger partial charge < -0.3 is 13.6 Å². The molecule has 0 aliphatic rings. The molecule has 41 heavy (non-hydrogen) atoms. The minimum Gasteiger partial charge on any atom is -0.499 e. The van der Waals surface area contributed by atoms with E-state index in [0.717, 1.165) is 5.56 Å². The number of hydrogen-bond donors (Lipinski definition) is 1. The van der Waals surface area contributed by atoms with Crippen LogP contribution in [-0.2, 0) is 25.6 Å². The van der Waals surface area contributed by atoms with Crippen molar-refractivity contribution < 1.29 is 22.0 Å². The Hall–Kier alpha value is -3.12. The predicted molar refractivity (Wildman–Crippen MR) is 168 cm³/mol. The minimum atomic E-state index is -3.84. The van der Waals surface area contributed by atoms with Crippen LogP contribution in [0.15, 0.2) is 77.1 Å².